The van der Waals surface area contributed by atoms with Crippen LogP contribution in [0.5, 0.6) is 5.75 Å². The van der Waals surface area contributed by atoms with Crippen LogP contribution < -0.4 is 10.1 Å². The molecule has 1 heterocycles. The highest BCUT2D eigenvalue weighted by Crippen LogP contribution is 2.28. The molecule has 0 saturated heterocycles. The van der Waals surface area contributed by atoms with Crippen LogP contribution >= 0.6 is 0 Å². The molecule has 0 aliphatic carbocycles. The standard InChI is InChI=1S/C29H29FN4O4/c1-20(32-27-18-26(38-2)17-23-6-3-15-31-28(23)27)5-4-16-33(19-21-7-11-24(30)12-8-21)29(35)22-9-13-25(14-10-22)34(36)37/h3,6-15,17-18,20,32H,4-5,16,19H2,1-2H3. The molecule has 0 aliphatic rings. The van der Waals surface area contributed by atoms with Crippen molar-refractivity contribution in [2.45, 2.75) is 32.4 Å². The number of hydrogen-bond acceptors (Lipinski definition) is 6. The molecule has 1 amide bonds. The van der Waals surface area contributed by atoms with Crippen molar-refractivity contribution < 1.29 is 18.8 Å². The van der Waals surface area contributed by atoms with Crippen molar-refractivity contribution in [3.63, 3.8) is 0 Å². The van der Waals surface area contributed by atoms with Crippen LogP contribution in [-0.2, 0) is 6.54 Å². The fourth-order valence-electron chi connectivity index (χ4n) is 4.29. The Kier molecular flexibility index (Phi) is 8.47. The predicted octanol–water partition coefficient (Wildman–Crippen LogP) is 6.21. The Morgan fingerprint density at radius 3 is 2.55 bits per heavy atom. The molecule has 196 valence electrons. The molecule has 0 aliphatic heterocycles. The van der Waals surface area contributed by atoms with Crippen molar-refractivity contribution >= 4 is 28.2 Å². The van der Waals surface area contributed by atoms with Crippen LogP contribution in [0, 0.1) is 15.9 Å². The van der Waals surface area contributed by atoms with Crippen molar-refractivity contribution in [3.8, 4) is 5.75 Å². The van der Waals surface area contributed by atoms with Crippen molar-refractivity contribution in [2.24, 2.45) is 0 Å². The third-order valence-electron chi connectivity index (χ3n) is 6.28. The Balaban J connectivity index is 1.45. The zero-order valence-corrected chi connectivity index (χ0v) is 21.3. The van der Waals surface area contributed by atoms with E-state index in [-0.39, 0.29) is 23.5 Å². The number of nitro groups is 1. The highest BCUT2D eigenvalue weighted by atomic mass is 19.1. The van der Waals surface area contributed by atoms with E-state index in [4.69, 9.17) is 4.74 Å². The lowest BCUT2D eigenvalue weighted by Crippen LogP contribution is -2.32. The monoisotopic (exact) mass is 516 g/mol. The normalized spacial score (nSPS) is 11.7. The van der Waals surface area contributed by atoms with Gasteiger partial charge in [0, 0.05) is 54.5 Å². The van der Waals surface area contributed by atoms with Crippen molar-refractivity contribution in [1.82, 2.24) is 9.88 Å². The first-order chi connectivity index (χ1) is 18.3. The maximum atomic E-state index is 13.4. The molecule has 9 heteroatoms. The maximum absolute atomic E-state index is 13.4. The van der Waals surface area contributed by atoms with Crippen LogP contribution in [0.2, 0.25) is 0 Å². The van der Waals surface area contributed by atoms with Crippen LogP contribution in [-0.4, -0.2) is 40.4 Å². The van der Waals surface area contributed by atoms with Gasteiger partial charge in [0.25, 0.3) is 11.6 Å². The fourth-order valence-corrected chi connectivity index (χ4v) is 4.29. The van der Waals surface area contributed by atoms with Crippen molar-refractivity contribution in [1.29, 1.82) is 0 Å². The van der Waals surface area contributed by atoms with Gasteiger partial charge in [-0.15, -0.1) is 0 Å². The summed E-state index contributed by atoms with van der Waals surface area (Å²) in [4.78, 5) is 30.0. The smallest absolute Gasteiger partial charge is 0.269 e. The van der Waals surface area contributed by atoms with Crippen molar-refractivity contribution in [3.05, 3.63) is 106 Å². The maximum Gasteiger partial charge on any atom is 0.269 e. The van der Waals surface area contributed by atoms with E-state index in [1.54, 1.807) is 30.3 Å². The topological polar surface area (TPSA) is 97.6 Å². The Morgan fingerprint density at radius 2 is 1.87 bits per heavy atom. The van der Waals surface area contributed by atoms with E-state index >= 15 is 0 Å². The molecule has 1 unspecified atom stereocenters. The van der Waals surface area contributed by atoms with E-state index in [9.17, 15) is 19.3 Å². The summed E-state index contributed by atoms with van der Waals surface area (Å²) in [5.41, 5.74) is 2.80. The molecule has 4 rings (SSSR count). The molecule has 4 aromatic rings. The van der Waals surface area contributed by atoms with E-state index < -0.39 is 4.92 Å². The number of non-ortho nitro benzene ring substituents is 1. The van der Waals surface area contributed by atoms with Gasteiger partial charge in [0.05, 0.1) is 23.2 Å². The van der Waals surface area contributed by atoms with Gasteiger partial charge in [-0.3, -0.25) is 19.9 Å². The average Bonchev–Trinajstić information content (AvgIpc) is 2.93. The largest absolute Gasteiger partial charge is 0.497 e. The molecule has 0 spiro atoms. The van der Waals surface area contributed by atoms with Gasteiger partial charge in [-0.25, -0.2) is 4.39 Å². The molecular formula is C29H29FN4O4. The van der Waals surface area contributed by atoms with Crippen LogP contribution in [0.1, 0.15) is 35.7 Å². The number of nitrogens with one attached hydrogen (secondary N) is 1. The fraction of sp³-hybridized carbons (Fsp3) is 0.241. The zero-order valence-electron chi connectivity index (χ0n) is 21.3. The van der Waals surface area contributed by atoms with Crippen LogP contribution in [0.3, 0.4) is 0 Å². The first-order valence-corrected chi connectivity index (χ1v) is 12.3. The number of halogens is 1. The number of benzene rings is 3. The van der Waals surface area contributed by atoms with Gasteiger partial charge in [0.1, 0.15) is 11.6 Å². The number of methoxy groups -OCH3 is 1. The highest BCUT2D eigenvalue weighted by Gasteiger charge is 2.18. The second-order valence-electron chi connectivity index (χ2n) is 9.09. The Labute approximate surface area is 220 Å². The molecular weight excluding hydrogens is 487 g/mol. The summed E-state index contributed by atoms with van der Waals surface area (Å²) in [6.07, 6.45) is 3.21. The molecule has 38 heavy (non-hydrogen) atoms. The summed E-state index contributed by atoms with van der Waals surface area (Å²) in [6, 6.07) is 19.4. The second-order valence-corrected chi connectivity index (χ2v) is 9.09. The quantitative estimate of drug-likeness (QED) is 0.188. The number of rotatable bonds is 11. The molecule has 1 atom stereocenters. The number of fused-ring (bicyclic) bond motifs is 1. The Hall–Kier alpha value is -4.53. The van der Waals surface area contributed by atoms with Crippen LogP contribution in [0.4, 0.5) is 15.8 Å². The average molecular weight is 517 g/mol. The second kappa shape index (κ2) is 12.1. The lowest BCUT2D eigenvalue weighted by atomic mass is 10.1. The van der Waals surface area contributed by atoms with E-state index in [2.05, 4.69) is 17.2 Å². The first-order valence-electron chi connectivity index (χ1n) is 12.3. The molecule has 8 nitrogen and oxygen atoms in total. The number of carbonyl (C=O) groups excluding carboxylic acids is 1. The molecule has 0 fully saturated rings. The number of nitrogens with zero attached hydrogens (tertiary/aromatic N) is 3. The summed E-state index contributed by atoms with van der Waals surface area (Å²) in [6.45, 7) is 2.81. The summed E-state index contributed by atoms with van der Waals surface area (Å²) < 4.78 is 18.8. The Bertz CT molecular complexity index is 1410. The number of ether oxygens (including phenoxy) is 1. The van der Waals surface area contributed by atoms with Gasteiger partial charge in [-0.05, 0) is 61.7 Å². The molecule has 1 N–H and O–H groups in total. The van der Waals surface area contributed by atoms with Gasteiger partial charge in [-0.1, -0.05) is 18.2 Å². The summed E-state index contributed by atoms with van der Waals surface area (Å²) in [5, 5.41) is 15.5. The predicted molar refractivity (Wildman–Crippen MR) is 145 cm³/mol. The van der Waals surface area contributed by atoms with Gasteiger partial charge in [0.15, 0.2) is 0 Å². The molecule has 1 aromatic heterocycles. The Morgan fingerprint density at radius 1 is 1.13 bits per heavy atom. The van der Waals surface area contributed by atoms with Crippen LogP contribution in [0.25, 0.3) is 10.9 Å². The molecule has 3 aromatic carbocycles. The molecule has 0 bridgehead atoms. The van der Waals surface area contributed by atoms with Gasteiger partial charge in [0.2, 0.25) is 0 Å². The third-order valence-corrected chi connectivity index (χ3v) is 6.28. The number of anilines is 1. The SMILES string of the molecule is COc1cc(NC(C)CCCN(Cc2ccc(F)cc2)C(=O)c2ccc([N+](=O)[O-])cc2)c2ncccc2c1. The number of amides is 1. The number of hydrogen-bond donors (Lipinski definition) is 1. The highest BCUT2D eigenvalue weighted by molar-refractivity contribution is 5.94. The summed E-state index contributed by atoms with van der Waals surface area (Å²) in [7, 11) is 1.63. The van der Waals surface area contributed by atoms with E-state index in [1.807, 2.05) is 24.3 Å². The summed E-state index contributed by atoms with van der Waals surface area (Å²) >= 11 is 0. The molecule has 0 saturated carbocycles. The van der Waals surface area contributed by atoms with Gasteiger partial charge < -0.3 is 15.0 Å². The minimum atomic E-state index is -0.500. The van der Waals surface area contributed by atoms with Crippen molar-refractivity contribution in [2.75, 3.05) is 19.0 Å². The van der Waals surface area contributed by atoms with Crippen LogP contribution in [0.15, 0.2) is 79.0 Å². The molecule has 0 radical (unpaired) electrons. The minimum Gasteiger partial charge on any atom is -0.497 e. The van der Waals surface area contributed by atoms with Gasteiger partial charge in [-0.2, -0.15) is 0 Å². The number of nitro benzene ring substituents is 1. The van der Waals surface area contributed by atoms with Gasteiger partial charge >= 0.3 is 0 Å². The van der Waals surface area contributed by atoms with E-state index in [0.717, 1.165) is 34.3 Å². The number of aromatic nitrogens is 1. The van der Waals surface area contributed by atoms with E-state index in [0.29, 0.717) is 25.1 Å². The zero-order chi connectivity index (χ0) is 27.1. The third kappa shape index (κ3) is 6.61. The first kappa shape index (κ1) is 26.5. The number of carbonyl (C=O) groups is 1. The summed E-state index contributed by atoms with van der Waals surface area (Å²) in [5.74, 6) is 0.147. The lowest BCUT2D eigenvalue weighted by Gasteiger charge is -2.24. The van der Waals surface area contributed by atoms with E-state index in [1.165, 1.54) is 36.4 Å². The minimum absolute atomic E-state index is 0.0777. The lowest BCUT2D eigenvalue weighted by molar-refractivity contribution is -0.384. The number of pyridine rings is 1.